The first kappa shape index (κ1) is 17.5. The molecule has 2 aromatic carbocycles. The maximum Gasteiger partial charge on any atom is 0.387 e. The second-order valence-electron chi connectivity index (χ2n) is 4.29. The predicted molar refractivity (Wildman–Crippen MR) is 86.4 cm³/mol. The van der Waals surface area contributed by atoms with Crippen molar-refractivity contribution in [2.24, 2.45) is 0 Å². The molecule has 0 unspecified atom stereocenters. The largest absolute Gasteiger partial charge is 0.483 e. The number of carbonyl (C=O) groups excluding carboxylic acids is 1. The molecule has 122 valence electrons. The number of hydrogen-bond donors (Lipinski definition) is 1. The van der Waals surface area contributed by atoms with Gasteiger partial charge in [-0.25, -0.2) is 0 Å². The number of para-hydroxylation sites is 2. The summed E-state index contributed by atoms with van der Waals surface area (Å²) in [5.74, 6) is -0.206. The summed E-state index contributed by atoms with van der Waals surface area (Å²) in [5, 5.41) is 2.97. The molecule has 0 aliphatic heterocycles. The number of anilines is 1. The Bertz CT molecular complexity index is 700. The van der Waals surface area contributed by atoms with E-state index in [9.17, 15) is 13.6 Å². The first-order chi connectivity index (χ1) is 11.0. The number of benzene rings is 2. The maximum absolute atomic E-state index is 12.3. The Morgan fingerprint density at radius 3 is 2.65 bits per heavy atom. The van der Waals surface area contributed by atoms with Crippen molar-refractivity contribution in [2.45, 2.75) is 6.61 Å². The average molecular weight is 407 g/mol. The quantitative estimate of drug-likeness (QED) is 0.755. The van der Waals surface area contributed by atoms with Gasteiger partial charge in [0.2, 0.25) is 0 Å². The first-order valence-corrected chi connectivity index (χ1v) is 7.54. The van der Waals surface area contributed by atoms with Crippen LogP contribution in [0.15, 0.2) is 46.9 Å². The van der Waals surface area contributed by atoms with Gasteiger partial charge in [-0.05, 0) is 46.3 Å². The number of halogens is 4. The van der Waals surface area contributed by atoms with Gasteiger partial charge in [-0.15, -0.1) is 0 Å². The van der Waals surface area contributed by atoms with Crippen molar-refractivity contribution in [2.75, 3.05) is 11.9 Å². The van der Waals surface area contributed by atoms with Crippen molar-refractivity contribution in [3.63, 3.8) is 0 Å². The van der Waals surface area contributed by atoms with Crippen LogP contribution < -0.4 is 14.8 Å². The molecule has 0 fully saturated rings. The van der Waals surface area contributed by atoms with E-state index in [0.29, 0.717) is 15.2 Å². The zero-order valence-electron chi connectivity index (χ0n) is 11.6. The van der Waals surface area contributed by atoms with Gasteiger partial charge in [0.05, 0.1) is 10.2 Å². The molecule has 0 atom stereocenters. The highest BCUT2D eigenvalue weighted by Crippen LogP contribution is 2.28. The highest BCUT2D eigenvalue weighted by Gasteiger charge is 2.12. The minimum atomic E-state index is -2.98. The molecular weight excluding hydrogens is 396 g/mol. The molecule has 0 saturated heterocycles. The average Bonchev–Trinajstić information content (AvgIpc) is 2.48. The monoisotopic (exact) mass is 405 g/mol. The predicted octanol–water partition coefficient (Wildman–Crippen LogP) is 4.72. The van der Waals surface area contributed by atoms with Crippen LogP contribution in [-0.2, 0) is 4.79 Å². The standard InChI is InChI=1S/C15H11BrClF2NO3/c16-10-7-9(17)5-6-12(10)22-8-14(21)20-11-3-1-2-4-13(11)23-15(18)19/h1-7,15H,8H2,(H,20,21). The third kappa shape index (κ3) is 5.37. The second-order valence-corrected chi connectivity index (χ2v) is 5.58. The lowest BCUT2D eigenvalue weighted by atomic mass is 10.3. The number of carbonyl (C=O) groups is 1. The topological polar surface area (TPSA) is 47.6 Å². The molecule has 0 aliphatic rings. The Labute approximate surface area is 144 Å². The summed E-state index contributed by atoms with van der Waals surface area (Å²) < 4.78 is 34.9. The van der Waals surface area contributed by atoms with E-state index in [1.54, 1.807) is 24.3 Å². The van der Waals surface area contributed by atoms with Crippen LogP contribution in [0.3, 0.4) is 0 Å². The van der Waals surface area contributed by atoms with E-state index in [0.717, 1.165) is 0 Å². The van der Waals surface area contributed by atoms with Crippen LogP contribution >= 0.6 is 27.5 Å². The number of amides is 1. The smallest absolute Gasteiger partial charge is 0.387 e. The summed E-state index contributed by atoms with van der Waals surface area (Å²) in [7, 11) is 0. The van der Waals surface area contributed by atoms with Crippen LogP contribution in [0.2, 0.25) is 5.02 Å². The molecule has 1 amide bonds. The lowest BCUT2D eigenvalue weighted by Crippen LogP contribution is -2.21. The van der Waals surface area contributed by atoms with Gasteiger partial charge in [-0.1, -0.05) is 23.7 Å². The zero-order chi connectivity index (χ0) is 16.8. The van der Waals surface area contributed by atoms with E-state index in [1.807, 2.05) is 0 Å². The molecular formula is C15H11BrClF2NO3. The van der Waals surface area contributed by atoms with Crippen molar-refractivity contribution in [3.05, 3.63) is 52.0 Å². The summed E-state index contributed by atoms with van der Waals surface area (Å²) in [4.78, 5) is 11.9. The summed E-state index contributed by atoms with van der Waals surface area (Å²) in [6, 6.07) is 10.7. The van der Waals surface area contributed by atoms with Crippen LogP contribution in [0.4, 0.5) is 14.5 Å². The highest BCUT2D eigenvalue weighted by atomic mass is 79.9. The number of rotatable bonds is 6. The van der Waals surface area contributed by atoms with Gasteiger partial charge >= 0.3 is 6.61 Å². The van der Waals surface area contributed by atoms with Gasteiger partial charge in [0.1, 0.15) is 11.5 Å². The number of nitrogens with one attached hydrogen (secondary N) is 1. The molecule has 2 rings (SSSR count). The van der Waals surface area contributed by atoms with Crippen molar-refractivity contribution in [3.8, 4) is 11.5 Å². The molecule has 23 heavy (non-hydrogen) atoms. The van der Waals surface area contributed by atoms with Crippen LogP contribution in [0, 0.1) is 0 Å². The van der Waals surface area contributed by atoms with E-state index < -0.39 is 12.5 Å². The number of hydrogen-bond acceptors (Lipinski definition) is 3. The third-order valence-electron chi connectivity index (χ3n) is 2.63. The molecule has 0 spiro atoms. The Hall–Kier alpha value is -1.86. The second kappa shape index (κ2) is 8.12. The maximum atomic E-state index is 12.3. The normalized spacial score (nSPS) is 10.5. The van der Waals surface area contributed by atoms with Crippen LogP contribution in [-0.4, -0.2) is 19.1 Å². The molecule has 0 aromatic heterocycles. The molecule has 2 aromatic rings. The van der Waals surface area contributed by atoms with E-state index in [-0.39, 0.29) is 18.0 Å². The highest BCUT2D eigenvalue weighted by molar-refractivity contribution is 9.10. The summed E-state index contributed by atoms with van der Waals surface area (Å²) in [6.45, 7) is -3.28. The van der Waals surface area contributed by atoms with Gasteiger partial charge in [0.15, 0.2) is 6.61 Å². The molecule has 0 radical (unpaired) electrons. The molecule has 4 nitrogen and oxygen atoms in total. The molecule has 1 N–H and O–H groups in total. The fraction of sp³-hybridized carbons (Fsp3) is 0.133. The van der Waals surface area contributed by atoms with E-state index in [2.05, 4.69) is 26.0 Å². The lowest BCUT2D eigenvalue weighted by molar-refractivity contribution is -0.118. The molecule has 0 saturated carbocycles. The summed E-state index contributed by atoms with van der Waals surface area (Å²) >= 11 is 9.06. The third-order valence-corrected chi connectivity index (χ3v) is 3.48. The molecule has 8 heteroatoms. The molecule has 0 aliphatic carbocycles. The number of alkyl halides is 2. The van der Waals surface area contributed by atoms with Crippen LogP contribution in [0.25, 0.3) is 0 Å². The zero-order valence-corrected chi connectivity index (χ0v) is 13.9. The summed E-state index contributed by atoms with van der Waals surface area (Å²) in [5.41, 5.74) is 0.136. The Balaban J connectivity index is 1.97. The van der Waals surface area contributed by atoms with Gasteiger partial charge in [0.25, 0.3) is 5.91 Å². The minimum absolute atomic E-state index is 0.122. The van der Waals surface area contributed by atoms with Crippen LogP contribution in [0.5, 0.6) is 11.5 Å². The first-order valence-electron chi connectivity index (χ1n) is 6.37. The van der Waals surface area contributed by atoms with Crippen molar-refractivity contribution in [1.82, 2.24) is 0 Å². The van der Waals surface area contributed by atoms with E-state index >= 15 is 0 Å². The van der Waals surface area contributed by atoms with Gasteiger partial charge in [0, 0.05) is 5.02 Å². The van der Waals surface area contributed by atoms with E-state index in [1.165, 1.54) is 18.2 Å². The van der Waals surface area contributed by atoms with Crippen molar-refractivity contribution in [1.29, 1.82) is 0 Å². The summed E-state index contributed by atoms with van der Waals surface area (Å²) in [6.07, 6.45) is 0. The lowest BCUT2D eigenvalue weighted by Gasteiger charge is -2.12. The fourth-order valence-corrected chi connectivity index (χ4v) is 2.49. The minimum Gasteiger partial charge on any atom is -0.483 e. The van der Waals surface area contributed by atoms with E-state index in [4.69, 9.17) is 16.3 Å². The Morgan fingerprint density at radius 1 is 1.22 bits per heavy atom. The van der Waals surface area contributed by atoms with Crippen molar-refractivity contribution >= 4 is 39.1 Å². The van der Waals surface area contributed by atoms with Gasteiger partial charge < -0.3 is 14.8 Å². The number of ether oxygens (including phenoxy) is 2. The molecule has 0 bridgehead atoms. The Kier molecular flexibility index (Phi) is 6.18. The van der Waals surface area contributed by atoms with Crippen LogP contribution in [0.1, 0.15) is 0 Å². The van der Waals surface area contributed by atoms with Crippen molar-refractivity contribution < 1.29 is 23.0 Å². The Morgan fingerprint density at radius 2 is 1.96 bits per heavy atom. The van der Waals surface area contributed by atoms with Gasteiger partial charge in [-0.3, -0.25) is 4.79 Å². The van der Waals surface area contributed by atoms with Gasteiger partial charge in [-0.2, -0.15) is 8.78 Å². The SMILES string of the molecule is O=C(COc1ccc(Cl)cc1Br)Nc1ccccc1OC(F)F. The molecule has 0 heterocycles. The fourth-order valence-electron chi connectivity index (χ4n) is 1.69.